The monoisotopic (exact) mass is 392 g/mol. The van der Waals surface area contributed by atoms with Gasteiger partial charge in [-0.2, -0.15) is 0 Å². The number of nitrogens with two attached hydrogens (primary N) is 1. The normalized spacial score (nSPS) is 18.1. The van der Waals surface area contributed by atoms with Crippen LogP contribution in [0.15, 0.2) is 24.3 Å². The van der Waals surface area contributed by atoms with Gasteiger partial charge in [0.2, 0.25) is 11.8 Å². The van der Waals surface area contributed by atoms with Crippen molar-refractivity contribution in [2.75, 3.05) is 18.4 Å². The number of ketones is 1. The summed E-state index contributed by atoms with van der Waals surface area (Å²) in [6.07, 6.45) is 1.31. The molecule has 1 aromatic rings. The molecule has 0 saturated carbocycles. The standard InChI is InChI=1S/C19H25FN4O4/c1-12(18(21)27)8-9-17(26)22-15-7-4-10-24(11-16(15)25)19(28)23-14-6-3-2-5-13(14)20/h2-3,5-6,12,15H,4,7-11H2,1H3,(H2,21,27)(H,22,26)(H,23,28)/t12?,15-/m0/s1. The Balaban J connectivity index is 1.88. The number of anilines is 1. The molecule has 2 rings (SSSR count). The predicted octanol–water partition coefficient (Wildman–Crippen LogP) is 1.41. The van der Waals surface area contributed by atoms with Crippen molar-refractivity contribution in [3.8, 4) is 0 Å². The summed E-state index contributed by atoms with van der Waals surface area (Å²) in [4.78, 5) is 49.2. The number of hydrogen-bond donors (Lipinski definition) is 3. The van der Waals surface area contributed by atoms with E-state index in [4.69, 9.17) is 5.73 Å². The topological polar surface area (TPSA) is 122 Å². The van der Waals surface area contributed by atoms with Gasteiger partial charge < -0.3 is 21.3 Å². The first-order chi connectivity index (χ1) is 13.3. The first-order valence-corrected chi connectivity index (χ1v) is 9.19. The minimum absolute atomic E-state index is 0.0395. The fourth-order valence-corrected chi connectivity index (χ4v) is 2.86. The van der Waals surface area contributed by atoms with E-state index in [2.05, 4.69) is 10.6 Å². The molecule has 1 aliphatic rings. The number of nitrogens with one attached hydrogen (secondary N) is 2. The molecular formula is C19H25FN4O4. The van der Waals surface area contributed by atoms with Gasteiger partial charge in [0.15, 0.2) is 5.78 Å². The number of nitrogens with zero attached hydrogens (tertiary/aromatic N) is 1. The number of hydrogen-bond acceptors (Lipinski definition) is 4. The third-order valence-electron chi connectivity index (χ3n) is 4.68. The van der Waals surface area contributed by atoms with Gasteiger partial charge in [0.1, 0.15) is 5.82 Å². The van der Waals surface area contributed by atoms with Crippen LogP contribution in [0, 0.1) is 11.7 Å². The Bertz CT molecular complexity index is 755. The van der Waals surface area contributed by atoms with Crippen LogP contribution in [0.5, 0.6) is 0 Å². The van der Waals surface area contributed by atoms with Crippen LogP contribution in [0.2, 0.25) is 0 Å². The number of primary amides is 1. The zero-order chi connectivity index (χ0) is 20.7. The Morgan fingerprint density at radius 1 is 1.32 bits per heavy atom. The van der Waals surface area contributed by atoms with Gasteiger partial charge in [0, 0.05) is 18.9 Å². The number of halogens is 1. The molecule has 0 aromatic heterocycles. The smallest absolute Gasteiger partial charge is 0.322 e. The lowest BCUT2D eigenvalue weighted by molar-refractivity contribution is -0.128. The fourth-order valence-electron chi connectivity index (χ4n) is 2.86. The summed E-state index contributed by atoms with van der Waals surface area (Å²) in [5.41, 5.74) is 5.21. The second-order valence-corrected chi connectivity index (χ2v) is 6.90. The fraction of sp³-hybridized carbons (Fsp3) is 0.474. The molecule has 1 saturated heterocycles. The molecule has 1 unspecified atom stereocenters. The van der Waals surface area contributed by atoms with Gasteiger partial charge in [0.05, 0.1) is 18.3 Å². The van der Waals surface area contributed by atoms with E-state index < -0.39 is 29.7 Å². The second-order valence-electron chi connectivity index (χ2n) is 6.90. The zero-order valence-corrected chi connectivity index (χ0v) is 15.7. The van der Waals surface area contributed by atoms with E-state index in [9.17, 15) is 23.6 Å². The largest absolute Gasteiger partial charge is 0.369 e. The van der Waals surface area contributed by atoms with Crippen LogP contribution in [-0.4, -0.2) is 47.7 Å². The van der Waals surface area contributed by atoms with E-state index in [1.54, 1.807) is 13.0 Å². The van der Waals surface area contributed by atoms with E-state index in [-0.39, 0.29) is 30.3 Å². The molecule has 2 atom stereocenters. The Morgan fingerprint density at radius 3 is 2.71 bits per heavy atom. The first-order valence-electron chi connectivity index (χ1n) is 9.19. The zero-order valence-electron chi connectivity index (χ0n) is 15.7. The average Bonchev–Trinajstić information content (AvgIpc) is 2.83. The molecule has 1 fully saturated rings. The highest BCUT2D eigenvalue weighted by Crippen LogP contribution is 2.15. The minimum atomic E-state index is -0.692. The van der Waals surface area contributed by atoms with E-state index >= 15 is 0 Å². The summed E-state index contributed by atoms with van der Waals surface area (Å²) >= 11 is 0. The van der Waals surface area contributed by atoms with Crippen LogP contribution in [0.1, 0.15) is 32.6 Å². The average molecular weight is 392 g/mol. The molecule has 1 heterocycles. The Hall–Kier alpha value is -2.97. The highest BCUT2D eigenvalue weighted by atomic mass is 19.1. The van der Waals surface area contributed by atoms with Crippen molar-refractivity contribution in [2.45, 2.75) is 38.6 Å². The summed E-state index contributed by atoms with van der Waals surface area (Å²) in [6, 6.07) is 4.51. The number of amides is 4. The lowest BCUT2D eigenvalue weighted by Gasteiger charge is -2.21. The van der Waals surface area contributed by atoms with E-state index in [1.807, 2.05) is 0 Å². The second kappa shape index (κ2) is 9.82. The van der Waals surface area contributed by atoms with Gasteiger partial charge in [-0.25, -0.2) is 9.18 Å². The Kier molecular flexibility index (Phi) is 7.48. The van der Waals surface area contributed by atoms with Crippen LogP contribution in [0.4, 0.5) is 14.9 Å². The lowest BCUT2D eigenvalue weighted by Crippen LogP contribution is -2.45. The van der Waals surface area contributed by atoms with Crippen LogP contribution < -0.4 is 16.4 Å². The number of carbonyl (C=O) groups excluding carboxylic acids is 4. The number of urea groups is 1. The van der Waals surface area contributed by atoms with Crippen LogP contribution in [0.25, 0.3) is 0 Å². The lowest BCUT2D eigenvalue weighted by atomic mass is 10.0. The van der Waals surface area contributed by atoms with Crippen molar-refractivity contribution in [1.29, 1.82) is 0 Å². The highest BCUT2D eigenvalue weighted by molar-refractivity contribution is 5.96. The summed E-state index contributed by atoms with van der Waals surface area (Å²) in [5, 5.41) is 5.12. The van der Waals surface area contributed by atoms with Gasteiger partial charge in [-0.05, 0) is 31.4 Å². The van der Waals surface area contributed by atoms with E-state index in [1.165, 1.54) is 23.1 Å². The molecule has 0 radical (unpaired) electrons. The third-order valence-corrected chi connectivity index (χ3v) is 4.68. The molecule has 1 aromatic carbocycles. The summed E-state index contributed by atoms with van der Waals surface area (Å²) in [6.45, 7) is 1.78. The first kappa shape index (κ1) is 21.3. The maximum absolute atomic E-state index is 13.7. The highest BCUT2D eigenvalue weighted by Gasteiger charge is 2.28. The SMILES string of the molecule is CC(CCC(=O)N[C@H]1CCCN(C(=O)Nc2ccccc2F)CC1=O)C(N)=O. The number of para-hydroxylation sites is 1. The molecule has 4 N–H and O–H groups in total. The maximum atomic E-state index is 13.7. The molecule has 1 aliphatic heterocycles. The molecule has 152 valence electrons. The van der Waals surface area contributed by atoms with Crippen LogP contribution in [0.3, 0.4) is 0 Å². The van der Waals surface area contributed by atoms with Crippen molar-refractivity contribution in [3.63, 3.8) is 0 Å². The third kappa shape index (κ3) is 6.04. The number of rotatable bonds is 6. The molecule has 28 heavy (non-hydrogen) atoms. The summed E-state index contributed by atoms with van der Waals surface area (Å²) in [7, 11) is 0. The van der Waals surface area contributed by atoms with Crippen LogP contribution >= 0.6 is 0 Å². The maximum Gasteiger partial charge on any atom is 0.322 e. The van der Waals surface area contributed by atoms with Gasteiger partial charge in [-0.1, -0.05) is 19.1 Å². The molecule has 0 bridgehead atoms. The van der Waals surface area contributed by atoms with E-state index in [0.29, 0.717) is 25.8 Å². The molecule has 0 aliphatic carbocycles. The quantitative estimate of drug-likeness (QED) is 0.677. The van der Waals surface area contributed by atoms with Crippen molar-refractivity contribution in [3.05, 3.63) is 30.1 Å². The van der Waals surface area contributed by atoms with E-state index in [0.717, 1.165) is 0 Å². The minimum Gasteiger partial charge on any atom is -0.369 e. The summed E-state index contributed by atoms with van der Waals surface area (Å²) < 4.78 is 13.7. The summed E-state index contributed by atoms with van der Waals surface area (Å²) in [5.74, 6) is -2.09. The van der Waals surface area contributed by atoms with Crippen molar-refractivity contribution >= 4 is 29.3 Å². The van der Waals surface area contributed by atoms with Gasteiger partial charge in [-0.3, -0.25) is 14.4 Å². The van der Waals surface area contributed by atoms with Crippen molar-refractivity contribution < 1.29 is 23.6 Å². The molecule has 9 heteroatoms. The Labute approximate surface area is 162 Å². The van der Waals surface area contributed by atoms with Gasteiger partial charge >= 0.3 is 6.03 Å². The number of likely N-dealkylation sites (tertiary alicyclic amines) is 1. The predicted molar refractivity (Wildman–Crippen MR) is 101 cm³/mol. The van der Waals surface area contributed by atoms with Crippen molar-refractivity contribution in [1.82, 2.24) is 10.2 Å². The molecular weight excluding hydrogens is 367 g/mol. The number of Topliss-reactive ketones (excluding diaryl/α,β-unsaturated/α-hetero) is 1. The van der Waals surface area contributed by atoms with Gasteiger partial charge in [-0.15, -0.1) is 0 Å². The Morgan fingerprint density at radius 2 is 2.04 bits per heavy atom. The number of carbonyl (C=O) groups is 4. The van der Waals surface area contributed by atoms with Crippen molar-refractivity contribution in [2.24, 2.45) is 11.7 Å². The molecule has 0 spiro atoms. The van der Waals surface area contributed by atoms with Crippen LogP contribution in [-0.2, 0) is 14.4 Å². The number of benzene rings is 1. The van der Waals surface area contributed by atoms with Gasteiger partial charge in [0.25, 0.3) is 0 Å². The molecule has 8 nitrogen and oxygen atoms in total. The molecule has 4 amide bonds.